The van der Waals surface area contributed by atoms with Gasteiger partial charge in [0.15, 0.2) is 0 Å². The number of likely N-dealkylation sites (tertiary alicyclic amines) is 1. The minimum Gasteiger partial charge on any atom is -0.339 e. The molecule has 1 aliphatic heterocycles. The fourth-order valence-corrected chi connectivity index (χ4v) is 3.92. The van der Waals surface area contributed by atoms with E-state index in [4.69, 9.17) is 0 Å². The lowest BCUT2D eigenvalue weighted by atomic mass is 9.90. The summed E-state index contributed by atoms with van der Waals surface area (Å²) in [5.41, 5.74) is 4.76. The third-order valence-electron chi connectivity index (χ3n) is 5.87. The minimum atomic E-state index is -0.238. The van der Waals surface area contributed by atoms with Crippen LogP contribution >= 0.6 is 0 Å². The molecule has 2 aromatic heterocycles. The Morgan fingerprint density at radius 1 is 0.968 bits per heavy atom. The lowest BCUT2D eigenvalue weighted by Crippen LogP contribution is -2.38. The van der Waals surface area contributed by atoms with Crippen molar-refractivity contribution in [1.82, 2.24) is 14.9 Å². The second kappa shape index (κ2) is 9.08. The standard InChI is InChI=1S/C25H26N4O2/c1-17-3-5-21(15-23(17)28-24(30)22-6-4-18(2)27-16-22)25(31)29-13-9-20(10-14-29)19-7-11-26-12-8-19/h3-8,11-12,15-16,20H,9-10,13-14H2,1-2H3,(H,28,30). The van der Waals surface area contributed by atoms with Crippen LogP contribution in [0.4, 0.5) is 5.69 Å². The molecule has 6 heteroatoms. The molecule has 3 aromatic rings. The summed E-state index contributed by atoms with van der Waals surface area (Å²) in [6.45, 7) is 5.23. The molecular formula is C25H26N4O2. The Bertz CT molecular complexity index is 1070. The summed E-state index contributed by atoms with van der Waals surface area (Å²) in [6.07, 6.45) is 7.07. The first-order valence-corrected chi connectivity index (χ1v) is 10.5. The molecule has 0 spiro atoms. The molecule has 1 saturated heterocycles. The number of pyridine rings is 2. The van der Waals surface area contributed by atoms with Crippen LogP contribution in [0, 0.1) is 13.8 Å². The van der Waals surface area contributed by atoms with Crippen molar-refractivity contribution < 1.29 is 9.59 Å². The van der Waals surface area contributed by atoms with E-state index in [0.29, 0.717) is 22.7 Å². The summed E-state index contributed by atoms with van der Waals surface area (Å²) in [4.78, 5) is 35.8. The fraction of sp³-hybridized carbons (Fsp3) is 0.280. The molecule has 4 rings (SSSR count). The van der Waals surface area contributed by atoms with E-state index in [1.165, 1.54) is 5.56 Å². The number of amides is 2. The number of aromatic nitrogens is 2. The lowest BCUT2D eigenvalue weighted by molar-refractivity contribution is 0.0712. The van der Waals surface area contributed by atoms with Gasteiger partial charge in [-0.2, -0.15) is 0 Å². The molecule has 0 radical (unpaired) electrons. The van der Waals surface area contributed by atoms with Crippen molar-refractivity contribution in [3.05, 3.63) is 89.0 Å². The number of piperidine rings is 1. The van der Waals surface area contributed by atoms with Crippen LogP contribution in [0.3, 0.4) is 0 Å². The van der Waals surface area contributed by atoms with Gasteiger partial charge >= 0.3 is 0 Å². The Labute approximate surface area is 182 Å². The fourth-order valence-electron chi connectivity index (χ4n) is 3.92. The first-order valence-electron chi connectivity index (χ1n) is 10.5. The zero-order valence-corrected chi connectivity index (χ0v) is 17.8. The Morgan fingerprint density at radius 2 is 1.68 bits per heavy atom. The van der Waals surface area contributed by atoms with Gasteiger partial charge in [-0.1, -0.05) is 6.07 Å². The largest absolute Gasteiger partial charge is 0.339 e. The van der Waals surface area contributed by atoms with Crippen molar-refractivity contribution in [3.63, 3.8) is 0 Å². The summed E-state index contributed by atoms with van der Waals surface area (Å²) in [5, 5.41) is 2.92. The highest BCUT2D eigenvalue weighted by atomic mass is 16.2. The normalized spacial score (nSPS) is 14.3. The summed E-state index contributed by atoms with van der Waals surface area (Å²) < 4.78 is 0. The zero-order valence-electron chi connectivity index (χ0n) is 17.8. The molecule has 0 aliphatic carbocycles. The van der Waals surface area contributed by atoms with E-state index in [1.807, 2.05) is 43.3 Å². The van der Waals surface area contributed by atoms with Crippen LogP contribution < -0.4 is 5.32 Å². The number of carbonyl (C=O) groups excluding carboxylic acids is 2. The van der Waals surface area contributed by atoms with Gasteiger partial charge in [0.25, 0.3) is 11.8 Å². The number of aryl methyl sites for hydroxylation is 2. The van der Waals surface area contributed by atoms with Gasteiger partial charge in [0, 0.05) is 48.6 Å². The molecule has 0 bridgehead atoms. The molecule has 6 nitrogen and oxygen atoms in total. The van der Waals surface area contributed by atoms with Crippen LogP contribution in [0.25, 0.3) is 0 Å². The van der Waals surface area contributed by atoms with Crippen LogP contribution in [-0.2, 0) is 0 Å². The molecule has 31 heavy (non-hydrogen) atoms. The first-order chi connectivity index (χ1) is 15.0. The molecule has 0 atom stereocenters. The number of nitrogens with zero attached hydrogens (tertiary/aromatic N) is 3. The maximum atomic E-state index is 13.1. The molecule has 3 heterocycles. The van der Waals surface area contributed by atoms with E-state index < -0.39 is 0 Å². The Hall–Kier alpha value is -3.54. The second-order valence-corrected chi connectivity index (χ2v) is 8.02. The molecule has 0 unspecified atom stereocenters. The average molecular weight is 415 g/mol. The van der Waals surface area contributed by atoms with Gasteiger partial charge in [0.05, 0.1) is 5.56 Å². The van der Waals surface area contributed by atoms with Crippen molar-refractivity contribution in [1.29, 1.82) is 0 Å². The minimum absolute atomic E-state index is 0.000630. The quantitative estimate of drug-likeness (QED) is 0.688. The molecule has 2 amide bonds. The number of carbonyl (C=O) groups is 2. The van der Waals surface area contributed by atoms with Crippen LogP contribution in [0.15, 0.2) is 61.1 Å². The molecule has 1 fully saturated rings. The van der Waals surface area contributed by atoms with E-state index >= 15 is 0 Å². The smallest absolute Gasteiger partial charge is 0.257 e. The highest BCUT2D eigenvalue weighted by Crippen LogP contribution is 2.28. The van der Waals surface area contributed by atoms with Gasteiger partial charge in [-0.25, -0.2) is 0 Å². The Kier molecular flexibility index (Phi) is 6.07. The van der Waals surface area contributed by atoms with E-state index in [9.17, 15) is 9.59 Å². The van der Waals surface area contributed by atoms with E-state index in [2.05, 4.69) is 27.4 Å². The number of anilines is 1. The number of hydrogen-bond donors (Lipinski definition) is 1. The highest BCUT2D eigenvalue weighted by Gasteiger charge is 2.25. The van der Waals surface area contributed by atoms with Crippen molar-refractivity contribution in [2.24, 2.45) is 0 Å². The molecule has 1 N–H and O–H groups in total. The summed E-state index contributed by atoms with van der Waals surface area (Å²) >= 11 is 0. The number of nitrogens with one attached hydrogen (secondary N) is 1. The number of benzene rings is 1. The van der Waals surface area contributed by atoms with Crippen LogP contribution in [0.1, 0.15) is 56.3 Å². The Balaban J connectivity index is 1.43. The maximum Gasteiger partial charge on any atom is 0.257 e. The van der Waals surface area contributed by atoms with Gasteiger partial charge in [0.1, 0.15) is 0 Å². The first kappa shape index (κ1) is 20.7. The summed E-state index contributed by atoms with van der Waals surface area (Å²) in [5.74, 6) is 0.224. The molecular weight excluding hydrogens is 388 g/mol. The topological polar surface area (TPSA) is 75.2 Å². The predicted octanol–water partition coefficient (Wildman–Crippen LogP) is 4.37. The van der Waals surface area contributed by atoms with Gasteiger partial charge in [0.2, 0.25) is 0 Å². The van der Waals surface area contributed by atoms with Crippen LogP contribution in [-0.4, -0.2) is 39.8 Å². The molecule has 158 valence electrons. The van der Waals surface area contributed by atoms with E-state index in [-0.39, 0.29) is 11.8 Å². The average Bonchev–Trinajstić information content (AvgIpc) is 2.81. The number of hydrogen-bond acceptors (Lipinski definition) is 4. The van der Waals surface area contributed by atoms with Crippen LogP contribution in [0.5, 0.6) is 0 Å². The molecule has 1 aromatic carbocycles. The van der Waals surface area contributed by atoms with Gasteiger partial charge < -0.3 is 10.2 Å². The van der Waals surface area contributed by atoms with Crippen LogP contribution in [0.2, 0.25) is 0 Å². The summed E-state index contributed by atoms with van der Waals surface area (Å²) in [6, 6.07) is 13.1. The molecule has 0 saturated carbocycles. The van der Waals surface area contributed by atoms with Crippen molar-refractivity contribution in [2.45, 2.75) is 32.6 Å². The maximum absolute atomic E-state index is 13.1. The summed E-state index contributed by atoms with van der Waals surface area (Å²) in [7, 11) is 0. The van der Waals surface area contributed by atoms with Crippen molar-refractivity contribution >= 4 is 17.5 Å². The zero-order chi connectivity index (χ0) is 21.8. The van der Waals surface area contributed by atoms with E-state index in [1.54, 1.807) is 24.4 Å². The van der Waals surface area contributed by atoms with Crippen molar-refractivity contribution in [3.8, 4) is 0 Å². The number of rotatable bonds is 4. The third kappa shape index (κ3) is 4.79. The lowest BCUT2D eigenvalue weighted by Gasteiger charge is -2.32. The second-order valence-electron chi connectivity index (χ2n) is 8.02. The monoisotopic (exact) mass is 414 g/mol. The van der Waals surface area contributed by atoms with Gasteiger partial charge in [-0.15, -0.1) is 0 Å². The SMILES string of the molecule is Cc1ccc(C(=O)Nc2cc(C(=O)N3CCC(c4ccncc4)CC3)ccc2C)cn1. The highest BCUT2D eigenvalue weighted by molar-refractivity contribution is 6.05. The molecule has 1 aliphatic rings. The van der Waals surface area contributed by atoms with Gasteiger partial charge in [-0.3, -0.25) is 19.6 Å². The Morgan fingerprint density at radius 3 is 2.35 bits per heavy atom. The van der Waals surface area contributed by atoms with Crippen molar-refractivity contribution in [2.75, 3.05) is 18.4 Å². The van der Waals surface area contributed by atoms with Gasteiger partial charge in [-0.05, 0) is 80.1 Å². The van der Waals surface area contributed by atoms with E-state index in [0.717, 1.165) is 37.2 Å². The third-order valence-corrected chi connectivity index (χ3v) is 5.87. The predicted molar refractivity (Wildman–Crippen MR) is 120 cm³/mol.